The number of halogens is 1. The van der Waals surface area contributed by atoms with Crippen LogP contribution in [0.3, 0.4) is 0 Å². The van der Waals surface area contributed by atoms with Crippen LogP contribution in [-0.2, 0) is 9.53 Å². The first-order valence-corrected chi connectivity index (χ1v) is 13.3. The van der Waals surface area contributed by atoms with E-state index in [2.05, 4.69) is 29.2 Å². The molecule has 1 amide bonds. The molecule has 0 aromatic heterocycles. The monoisotopic (exact) mass is 521 g/mol. The topological polar surface area (TPSA) is 45.1 Å². The first-order valence-electron chi connectivity index (χ1n) is 11.3. The van der Waals surface area contributed by atoms with Gasteiger partial charge in [0.2, 0.25) is 0 Å². The maximum absolute atomic E-state index is 12.8. The van der Waals surface area contributed by atoms with Gasteiger partial charge in [-0.05, 0) is 84.1 Å². The molecule has 0 bridgehead atoms. The molecule has 5 nitrogen and oxygen atoms in total. The normalized spacial score (nSPS) is 18.6. The molecule has 0 N–H and O–H groups in total. The molecule has 0 radical (unpaired) electrons. The summed E-state index contributed by atoms with van der Waals surface area (Å²) in [6.45, 7) is 3.31. The van der Waals surface area contributed by atoms with Gasteiger partial charge in [0, 0.05) is 40.6 Å². The van der Waals surface area contributed by atoms with Crippen molar-refractivity contribution in [3.63, 3.8) is 0 Å². The summed E-state index contributed by atoms with van der Waals surface area (Å²) in [7, 11) is 1.77. The lowest BCUT2D eigenvalue weighted by molar-refractivity contribution is -0.121. The number of hydrogen-bond donors (Lipinski definition) is 0. The van der Waals surface area contributed by atoms with Gasteiger partial charge in [0.15, 0.2) is 5.17 Å². The first-order chi connectivity index (χ1) is 17.0. The molecule has 35 heavy (non-hydrogen) atoms. The van der Waals surface area contributed by atoms with Crippen LogP contribution in [0.1, 0.15) is 5.56 Å². The van der Waals surface area contributed by atoms with E-state index < -0.39 is 0 Å². The van der Waals surface area contributed by atoms with Gasteiger partial charge in [0.05, 0.1) is 23.8 Å². The minimum atomic E-state index is -0.0432. The van der Waals surface area contributed by atoms with Crippen LogP contribution in [0.5, 0.6) is 0 Å². The van der Waals surface area contributed by atoms with E-state index >= 15 is 0 Å². The number of amidine groups is 1. The molecular formula is C27H24ClN3O2S2. The Bertz CT molecular complexity index is 1250. The zero-order valence-corrected chi connectivity index (χ0v) is 21.6. The van der Waals surface area contributed by atoms with Gasteiger partial charge >= 0.3 is 0 Å². The van der Waals surface area contributed by atoms with Crippen LogP contribution in [0, 0.1) is 0 Å². The molecule has 0 saturated carbocycles. The summed E-state index contributed by atoms with van der Waals surface area (Å²) in [6, 6.07) is 24.1. The van der Waals surface area contributed by atoms with Gasteiger partial charge in [-0.15, -0.1) is 0 Å². The summed E-state index contributed by atoms with van der Waals surface area (Å²) < 4.78 is 5.43. The predicted octanol–water partition coefficient (Wildman–Crippen LogP) is 6.56. The number of rotatable bonds is 5. The highest BCUT2D eigenvalue weighted by Crippen LogP contribution is 2.34. The van der Waals surface area contributed by atoms with E-state index in [0.29, 0.717) is 10.1 Å². The average Bonchev–Trinajstić information content (AvgIpc) is 3.15. The maximum atomic E-state index is 12.8. The molecule has 0 unspecified atom stereocenters. The number of amides is 1. The van der Waals surface area contributed by atoms with Crippen molar-refractivity contribution in [3.8, 4) is 0 Å². The number of morpholine rings is 1. The van der Waals surface area contributed by atoms with Crippen LogP contribution in [0.2, 0.25) is 5.02 Å². The third kappa shape index (κ3) is 5.93. The van der Waals surface area contributed by atoms with Crippen LogP contribution in [0.15, 0.2) is 92.5 Å². The van der Waals surface area contributed by atoms with Crippen LogP contribution in [0.4, 0.5) is 11.4 Å². The lowest BCUT2D eigenvalue weighted by atomic mass is 10.2. The van der Waals surface area contributed by atoms with Gasteiger partial charge in [-0.3, -0.25) is 9.69 Å². The SMILES string of the molecule is CN1C(=O)/C(=C/c2ccc(Sc3ccc(Cl)cc3)cc2)SC1=Nc1ccc(N2CCOCC2)cc1. The van der Waals surface area contributed by atoms with E-state index in [9.17, 15) is 4.79 Å². The number of anilines is 1. The fraction of sp³-hybridized carbons (Fsp3) is 0.185. The molecule has 8 heteroatoms. The quantitative estimate of drug-likeness (QED) is 0.356. The number of thioether (sulfide) groups is 1. The Morgan fingerprint density at radius 2 is 1.57 bits per heavy atom. The number of aliphatic imine (C=N–C) groups is 1. The van der Waals surface area contributed by atoms with Crippen LogP contribution in [0.25, 0.3) is 6.08 Å². The Labute approximate surface area is 218 Å². The maximum Gasteiger partial charge on any atom is 0.266 e. The van der Waals surface area contributed by atoms with E-state index in [1.165, 1.54) is 17.4 Å². The number of benzene rings is 3. The predicted molar refractivity (Wildman–Crippen MR) is 147 cm³/mol. The summed E-state index contributed by atoms with van der Waals surface area (Å²) in [5.41, 5.74) is 2.97. The van der Waals surface area contributed by atoms with E-state index in [-0.39, 0.29) is 5.91 Å². The van der Waals surface area contributed by atoms with Gasteiger partial charge < -0.3 is 9.64 Å². The lowest BCUT2D eigenvalue weighted by Crippen LogP contribution is -2.36. The molecule has 2 saturated heterocycles. The molecule has 0 spiro atoms. The third-order valence-electron chi connectivity index (χ3n) is 5.68. The standard InChI is InChI=1S/C27H24ClN3O2S2/c1-30-26(32)25(18-19-2-10-23(11-3-19)34-24-12-4-20(28)5-13-24)35-27(30)29-21-6-8-22(9-7-21)31-14-16-33-17-15-31/h2-13,18H,14-17H2,1H3/b25-18-,29-27?. The number of likely N-dealkylation sites (N-methyl/N-ethyl adjacent to an activating group) is 1. The number of carbonyl (C=O) groups excluding carboxylic acids is 1. The molecule has 0 atom stereocenters. The first kappa shape index (κ1) is 24.0. The fourth-order valence-electron chi connectivity index (χ4n) is 3.74. The second kappa shape index (κ2) is 10.9. The molecule has 2 aliphatic heterocycles. The molecule has 178 valence electrons. The Morgan fingerprint density at radius 3 is 2.23 bits per heavy atom. The van der Waals surface area contributed by atoms with Crippen molar-refractivity contribution in [2.24, 2.45) is 4.99 Å². The zero-order chi connectivity index (χ0) is 24.2. The smallest absolute Gasteiger partial charge is 0.266 e. The second-order valence-electron chi connectivity index (χ2n) is 8.11. The van der Waals surface area contributed by atoms with Crippen molar-refractivity contribution >= 4 is 63.7 Å². The van der Waals surface area contributed by atoms with E-state index in [1.54, 1.807) is 23.7 Å². The molecule has 0 aliphatic carbocycles. The molecule has 3 aromatic rings. The molecular weight excluding hydrogens is 498 g/mol. The molecule has 3 aromatic carbocycles. The van der Waals surface area contributed by atoms with Crippen molar-refractivity contribution in [2.75, 3.05) is 38.3 Å². The number of hydrogen-bond acceptors (Lipinski definition) is 6. The minimum Gasteiger partial charge on any atom is -0.378 e. The molecule has 5 rings (SSSR count). The van der Waals surface area contributed by atoms with Crippen LogP contribution < -0.4 is 4.90 Å². The Balaban J connectivity index is 1.26. The summed E-state index contributed by atoms with van der Waals surface area (Å²) in [5.74, 6) is -0.0432. The fourth-order valence-corrected chi connectivity index (χ4v) is 5.67. The Hall–Kier alpha value is -2.71. The molecule has 2 heterocycles. The summed E-state index contributed by atoms with van der Waals surface area (Å²) in [6.07, 6.45) is 1.92. The van der Waals surface area contributed by atoms with Gasteiger partial charge in [-0.2, -0.15) is 0 Å². The minimum absolute atomic E-state index is 0.0432. The van der Waals surface area contributed by atoms with Gasteiger partial charge in [-0.25, -0.2) is 4.99 Å². The van der Waals surface area contributed by atoms with E-state index in [1.807, 2.05) is 54.6 Å². The van der Waals surface area contributed by atoms with Crippen LogP contribution in [-0.4, -0.2) is 49.3 Å². The number of nitrogens with zero attached hydrogens (tertiary/aromatic N) is 3. The average molecular weight is 522 g/mol. The van der Waals surface area contributed by atoms with E-state index in [4.69, 9.17) is 21.3 Å². The summed E-state index contributed by atoms with van der Waals surface area (Å²) in [4.78, 5) is 24.4. The van der Waals surface area contributed by atoms with Gasteiger partial charge in [0.1, 0.15) is 0 Å². The highest BCUT2D eigenvalue weighted by molar-refractivity contribution is 8.18. The van der Waals surface area contributed by atoms with Crippen molar-refractivity contribution in [2.45, 2.75) is 9.79 Å². The van der Waals surface area contributed by atoms with Crippen molar-refractivity contribution in [1.29, 1.82) is 0 Å². The van der Waals surface area contributed by atoms with Gasteiger partial charge in [0.25, 0.3) is 5.91 Å². The third-order valence-corrected chi connectivity index (χ3v) is 8.01. The zero-order valence-electron chi connectivity index (χ0n) is 19.2. The van der Waals surface area contributed by atoms with Crippen molar-refractivity contribution in [3.05, 3.63) is 88.3 Å². The molecule has 2 fully saturated rings. The van der Waals surface area contributed by atoms with E-state index in [0.717, 1.165) is 52.4 Å². The highest BCUT2D eigenvalue weighted by Gasteiger charge is 2.30. The Kier molecular flexibility index (Phi) is 7.48. The lowest BCUT2D eigenvalue weighted by Gasteiger charge is -2.28. The second-order valence-corrected chi connectivity index (χ2v) is 10.7. The summed E-state index contributed by atoms with van der Waals surface area (Å²) in [5, 5.41) is 1.41. The number of ether oxygens (including phenoxy) is 1. The molecule has 2 aliphatic rings. The van der Waals surface area contributed by atoms with Crippen molar-refractivity contribution < 1.29 is 9.53 Å². The summed E-state index contributed by atoms with van der Waals surface area (Å²) >= 11 is 9.04. The van der Waals surface area contributed by atoms with Crippen LogP contribution >= 0.6 is 35.1 Å². The van der Waals surface area contributed by atoms with Crippen molar-refractivity contribution in [1.82, 2.24) is 4.90 Å². The number of carbonyl (C=O) groups is 1. The largest absolute Gasteiger partial charge is 0.378 e. The Morgan fingerprint density at radius 1 is 0.943 bits per heavy atom. The van der Waals surface area contributed by atoms with Gasteiger partial charge in [-0.1, -0.05) is 35.5 Å². The highest BCUT2D eigenvalue weighted by atomic mass is 35.5.